The van der Waals surface area contributed by atoms with Gasteiger partial charge in [0.2, 0.25) is 0 Å². The van der Waals surface area contributed by atoms with E-state index >= 15 is 0 Å². The maximum atomic E-state index is 11.9. The molecule has 2 N–H and O–H groups in total. The first-order chi connectivity index (χ1) is 8.58. The van der Waals surface area contributed by atoms with E-state index < -0.39 is 4.92 Å². The Balaban J connectivity index is 2.00. The third-order valence-corrected chi connectivity index (χ3v) is 4.01. The molecule has 0 aliphatic carbocycles. The number of carbonyl (C=O) groups excluding carboxylic acids is 1. The molecular formula is C11H15N3O3S. The molecule has 0 saturated carbocycles. The number of thiophene rings is 1. The average Bonchev–Trinajstić information content (AvgIpc) is 2.81. The van der Waals surface area contributed by atoms with E-state index in [0.717, 1.165) is 30.8 Å². The van der Waals surface area contributed by atoms with Gasteiger partial charge in [0.15, 0.2) is 0 Å². The Morgan fingerprint density at radius 3 is 3.06 bits per heavy atom. The van der Waals surface area contributed by atoms with Gasteiger partial charge in [-0.25, -0.2) is 0 Å². The lowest BCUT2D eigenvalue weighted by Crippen LogP contribution is -2.48. The standard InChI is InChI=1S/C11H15N3O3S/c1-7-5-12-3-2-9(7)13-11(15)8-4-10(14(16)17)18-6-8/h4,6-7,9,12H,2-3,5H2,1H3,(H,13,15). The molecule has 1 aliphatic rings. The topological polar surface area (TPSA) is 84.3 Å². The van der Waals surface area contributed by atoms with Gasteiger partial charge in [-0.05, 0) is 25.4 Å². The first-order valence-electron chi connectivity index (χ1n) is 5.82. The normalized spacial score (nSPS) is 23.6. The first kappa shape index (κ1) is 13.0. The van der Waals surface area contributed by atoms with Gasteiger partial charge < -0.3 is 10.6 Å². The fourth-order valence-electron chi connectivity index (χ4n) is 2.02. The van der Waals surface area contributed by atoms with Crippen LogP contribution in [0.3, 0.4) is 0 Å². The van der Waals surface area contributed by atoms with Crippen LogP contribution in [0.1, 0.15) is 23.7 Å². The summed E-state index contributed by atoms with van der Waals surface area (Å²) in [7, 11) is 0. The number of carbonyl (C=O) groups is 1. The van der Waals surface area contributed by atoms with Gasteiger partial charge >= 0.3 is 5.00 Å². The number of nitro groups is 1. The molecule has 2 rings (SSSR count). The molecule has 6 nitrogen and oxygen atoms in total. The summed E-state index contributed by atoms with van der Waals surface area (Å²) >= 11 is 0.977. The van der Waals surface area contributed by atoms with Crippen LogP contribution in [0, 0.1) is 16.0 Å². The highest BCUT2D eigenvalue weighted by Gasteiger charge is 2.24. The predicted octanol–water partition coefficient (Wildman–Crippen LogP) is 1.38. The quantitative estimate of drug-likeness (QED) is 0.641. The van der Waals surface area contributed by atoms with E-state index in [1.165, 1.54) is 11.4 Å². The zero-order chi connectivity index (χ0) is 13.1. The van der Waals surface area contributed by atoms with E-state index in [1.807, 2.05) is 0 Å². The molecule has 1 aromatic rings. The molecule has 18 heavy (non-hydrogen) atoms. The third kappa shape index (κ3) is 2.85. The van der Waals surface area contributed by atoms with Gasteiger partial charge in [-0.3, -0.25) is 14.9 Å². The summed E-state index contributed by atoms with van der Waals surface area (Å²) in [6.45, 7) is 3.85. The number of amides is 1. The molecule has 7 heteroatoms. The lowest BCUT2D eigenvalue weighted by Gasteiger charge is -2.30. The Labute approximate surface area is 109 Å². The molecule has 1 saturated heterocycles. The SMILES string of the molecule is CC1CNCCC1NC(=O)c1csc([N+](=O)[O-])c1. The number of hydrogen-bond donors (Lipinski definition) is 2. The Bertz CT molecular complexity index is 460. The zero-order valence-electron chi connectivity index (χ0n) is 10.0. The second-order valence-electron chi connectivity index (χ2n) is 4.48. The molecule has 1 aromatic heterocycles. The van der Waals surface area contributed by atoms with Crippen LogP contribution in [-0.2, 0) is 0 Å². The minimum atomic E-state index is -0.478. The van der Waals surface area contributed by atoms with Crippen LogP contribution in [0.15, 0.2) is 11.4 Å². The van der Waals surface area contributed by atoms with Gasteiger partial charge in [-0.2, -0.15) is 0 Å². The van der Waals surface area contributed by atoms with Gasteiger partial charge in [0.25, 0.3) is 5.91 Å². The molecule has 0 aromatic carbocycles. The van der Waals surface area contributed by atoms with Gasteiger partial charge in [-0.15, -0.1) is 0 Å². The van der Waals surface area contributed by atoms with Crippen molar-refractivity contribution in [3.8, 4) is 0 Å². The fraction of sp³-hybridized carbons (Fsp3) is 0.545. The summed E-state index contributed by atoms with van der Waals surface area (Å²) in [4.78, 5) is 22.0. The molecule has 0 bridgehead atoms. The number of rotatable bonds is 3. The van der Waals surface area contributed by atoms with Crippen molar-refractivity contribution in [2.75, 3.05) is 13.1 Å². The number of hydrogen-bond acceptors (Lipinski definition) is 5. The third-order valence-electron chi connectivity index (χ3n) is 3.13. The van der Waals surface area contributed by atoms with Gasteiger partial charge in [0, 0.05) is 17.5 Å². The van der Waals surface area contributed by atoms with Crippen molar-refractivity contribution in [2.45, 2.75) is 19.4 Å². The van der Waals surface area contributed by atoms with E-state index in [9.17, 15) is 14.9 Å². The van der Waals surface area contributed by atoms with Crippen LogP contribution in [0.25, 0.3) is 0 Å². The van der Waals surface area contributed by atoms with E-state index in [0.29, 0.717) is 11.5 Å². The molecule has 1 amide bonds. The molecule has 2 atom stereocenters. The molecule has 2 unspecified atom stereocenters. The second kappa shape index (κ2) is 5.45. The van der Waals surface area contributed by atoms with Gasteiger partial charge in [0.05, 0.1) is 10.5 Å². The van der Waals surface area contributed by atoms with E-state index in [2.05, 4.69) is 17.6 Å². The monoisotopic (exact) mass is 269 g/mol. The molecule has 2 heterocycles. The number of piperidine rings is 1. The Hall–Kier alpha value is -1.47. The minimum absolute atomic E-state index is 0.00138. The molecular weight excluding hydrogens is 254 g/mol. The van der Waals surface area contributed by atoms with Crippen LogP contribution in [0.2, 0.25) is 0 Å². The maximum absolute atomic E-state index is 11.9. The van der Waals surface area contributed by atoms with Crippen molar-refractivity contribution in [1.82, 2.24) is 10.6 Å². The summed E-state index contributed by atoms with van der Waals surface area (Å²) < 4.78 is 0. The number of nitrogens with zero attached hydrogens (tertiary/aromatic N) is 1. The van der Waals surface area contributed by atoms with Crippen LogP contribution >= 0.6 is 11.3 Å². The highest BCUT2D eigenvalue weighted by Crippen LogP contribution is 2.23. The van der Waals surface area contributed by atoms with Gasteiger partial charge in [0.1, 0.15) is 0 Å². The number of nitrogens with one attached hydrogen (secondary N) is 2. The van der Waals surface area contributed by atoms with Crippen LogP contribution in [0.5, 0.6) is 0 Å². The molecule has 1 aliphatic heterocycles. The van der Waals surface area contributed by atoms with E-state index in [4.69, 9.17) is 0 Å². The summed E-state index contributed by atoms with van der Waals surface area (Å²) in [6.07, 6.45) is 0.888. The maximum Gasteiger partial charge on any atom is 0.324 e. The van der Waals surface area contributed by atoms with E-state index in [1.54, 1.807) is 0 Å². The summed E-state index contributed by atoms with van der Waals surface area (Å²) in [5.74, 6) is 0.148. The van der Waals surface area contributed by atoms with Crippen molar-refractivity contribution < 1.29 is 9.72 Å². The Kier molecular flexibility index (Phi) is 3.93. The lowest BCUT2D eigenvalue weighted by molar-refractivity contribution is -0.380. The highest BCUT2D eigenvalue weighted by atomic mass is 32.1. The molecule has 0 spiro atoms. The van der Waals surface area contributed by atoms with Crippen molar-refractivity contribution in [2.24, 2.45) is 5.92 Å². The summed E-state index contributed by atoms with van der Waals surface area (Å²) in [6, 6.07) is 1.46. The summed E-state index contributed by atoms with van der Waals surface area (Å²) in [5.41, 5.74) is 0.373. The van der Waals surface area contributed by atoms with E-state index in [-0.39, 0.29) is 17.0 Å². The minimum Gasteiger partial charge on any atom is -0.349 e. The lowest BCUT2D eigenvalue weighted by atomic mass is 9.95. The molecule has 0 radical (unpaired) electrons. The fourth-order valence-corrected chi connectivity index (χ4v) is 2.72. The average molecular weight is 269 g/mol. The predicted molar refractivity (Wildman–Crippen MR) is 68.9 cm³/mol. The second-order valence-corrected chi connectivity index (χ2v) is 5.37. The smallest absolute Gasteiger partial charge is 0.324 e. The summed E-state index contributed by atoms with van der Waals surface area (Å²) in [5, 5.41) is 18.3. The zero-order valence-corrected chi connectivity index (χ0v) is 10.8. The van der Waals surface area contributed by atoms with Crippen molar-refractivity contribution >= 4 is 22.2 Å². The Morgan fingerprint density at radius 2 is 2.44 bits per heavy atom. The largest absolute Gasteiger partial charge is 0.349 e. The van der Waals surface area contributed by atoms with Crippen LogP contribution in [0.4, 0.5) is 5.00 Å². The van der Waals surface area contributed by atoms with Gasteiger partial charge in [-0.1, -0.05) is 18.3 Å². The molecule has 98 valence electrons. The molecule has 1 fully saturated rings. The Morgan fingerprint density at radius 1 is 1.67 bits per heavy atom. The van der Waals surface area contributed by atoms with Crippen LogP contribution < -0.4 is 10.6 Å². The highest BCUT2D eigenvalue weighted by molar-refractivity contribution is 7.13. The van der Waals surface area contributed by atoms with Crippen molar-refractivity contribution in [3.05, 3.63) is 27.1 Å². The first-order valence-corrected chi connectivity index (χ1v) is 6.70. The van der Waals surface area contributed by atoms with Crippen molar-refractivity contribution in [1.29, 1.82) is 0 Å². The van der Waals surface area contributed by atoms with Crippen LogP contribution in [-0.4, -0.2) is 30.0 Å². The van der Waals surface area contributed by atoms with Crippen molar-refractivity contribution in [3.63, 3.8) is 0 Å².